The van der Waals surface area contributed by atoms with E-state index in [9.17, 15) is 4.79 Å². The largest absolute Gasteiger partial charge is 1.00 e. The van der Waals surface area contributed by atoms with Crippen LogP contribution in [0.2, 0.25) is 0 Å². The molecular weight excluding hydrogens is 131 g/mol. The number of rotatable bonds is 3. The number of aliphatic hydroxyl groups excluding tert-OH is 1. The van der Waals surface area contributed by atoms with Crippen LogP contribution < -0.4 is 29.6 Å². The van der Waals surface area contributed by atoms with Gasteiger partial charge >= 0.3 is 35.5 Å². The van der Waals surface area contributed by atoms with Gasteiger partial charge in [0.25, 0.3) is 0 Å². The molecule has 0 radical (unpaired) electrons. The Bertz CT molecular complexity index is 89.0. The summed E-state index contributed by atoms with van der Waals surface area (Å²) in [5.74, 6) is -0.973. The molecule has 0 fully saturated rings. The van der Waals surface area contributed by atoms with Crippen LogP contribution in [-0.4, -0.2) is 22.8 Å². The number of aliphatic carboxylic acids is 1. The average molecular weight is 142 g/mol. The number of carboxylic acids is 1. The van der Waals surface area contributed by atoms with E-state index < -0.39 is 5.97 Å². The third kappa shape index (κ3) is 8.43. The Morgan fingerprint density at radius 3 is 2.33 bits per heavy atom. The van der Waals surface area contributed by atoms with Crippen molar-refractivity contribution in [1.82, 2.24) is 0 Å². The first-order valence-corrected chi connectivity index (χ1v) is 2.49. The molecule has 0 aromatic rings. The van der Waals surface area contributed by atoms with Crippen molar-refractivity contribution >= 4 is 5.97 Å². The van der Waals surface area contributed by atoms with Crippen molar-refractivity contribution in [2.24, 2.45) is 5.92 Å². The van der Waals surface area contributed by atoms with Gasteiger partial charge in [0.15, 0.2) is 0 Å². The molecule has 0 aliphatic carbocycles. The predicted molar refractivity (Wildman–Crippen MR) is 29.6 cm³/mol. The third-order valence-electron chi connectivity index (χ3n) is 0.835. The molecule has 0 saturated heterocycles. The Balaban J connectivity index is -0.000000245. The molecule has 0 bridgehead atoms. The van der Waals surface area contributed by atoms with Crippen LogP contribution in [0.15, 0.2) is 0 Å². The second-order valence-electron chi connectivity index (χ2n) is 1.89. The standard InChI is InChI=1S/C5H10O3.Na.H/c1-4(3-6)2-5(7)8;;/h4,6H,2-3H2,1H3,(H,7,8);;/q;+1;-1. The van der Waals surface area contributed by atoms with E-state index in [4.69, 9.17) is 10.2 Å². The zero-order chi connectivity index (χ0) is 6.57. The summed E-state index contributed by atoms with van der Waals surface area (Å²) in [6.07, 6.45) is 0.0521. The van der Waals surface area contributed by atoms with Gasteiger partial charge < -0.3 is 11.6 Å². The molecular formula is C5H11NaO3. The topological polar surface area (TPSA) is 57.5 Å². The molecule has 2 N–H and O–H groups in total. The molecule has 4 heteroatoms. The van der Waals surface area contributed by atoms with Crippen molar-refractivity contribution in [3.05, 3.63) is 0 Å². The fourth-order valence-corrected chi connectivity index (χ4v) is 0.363. The first kappa shape index (κ1) is 12.1. The Morgan fingerprint density at radius 2 is 2.22 bits per heavy atom. The number of carboxylic acid groups (broad SMARTS) is 1. The summed E-state index contributed by atoms with van der Waals surface area (Å²) in [5, 5.41) is 16.4. The van der Waals surface area contributed by atoms with Gasteiger partial charge in [-0.2, -0.15) is 0 Å². The van der Waals surface area contributed by atoms with Crippen molar-refractivity contribution in [2.75, 3.05) is 6.61 Å². The monoisotopic (exact) mass is 142 g/mol. The van der Waals surface area contributed by atoms with Crippen molar-refractivity contribution in [1.29, 1.82) is 0 Å². The summed E-state index contributed by atoms with van der Waals surface area (Å²) in [4.78, 5) is 9.86. The Morgan fingerprint density at radius 1 is 1.78 bits per heavy atom. The first-order chi connectivity index (χ1) is 3.66. The van der Waals surface area contributed by atoms with Crippen LogP contribution in [0.4, 0.5) is 0 Å². The quantitative estimate of drug-likeness (QED) is 0.419. The van der Waals surface area contributed by atoms with E-state index in [2.05, 4.69) is 0 Å². The molecule has 0 aliphatic rings. The molecule has 1 unspecified atom stereocenters. The molecule has 0 rings (SSSR count). The zero-order valence-electron chi connectivity index (χ0n) is 6.79. The maximum Gasteiger partial charge on any atom is 1.00 e. The smallest absolute Gasteiger partial charge is 1.00 e. The minimum Gasteiger partial charge on any atom is -1.00 e. The third-order valence-corrected chi connectivity index (χ3v) is 0.835. The van der Waals surface area contributed by atoms with Gasteiger partial charge in [-0.3, -0.25) is 4.79 Å². The number of carbonyl (C=O) groups is 1. The Kier molecular flexibility index (Phi) is 8.83. The predicted octanol–water partition coefficient (Wildman–Crippen LogP) is -2.79. The first-order valence-electron chi connectivity index (χ1n) is 2.49. The summed E-state index contributed by atoms with van der Waals surface area (Å²) >= 11 is 0. The van der Waals surface area contributed by atoms with Crippen molar-refractivity contribution in [2.45, 2.75) is 13.3 Å². The van der Waals surface area contributed by atoms with Crippen molar-refractivity contribution in [3.8, 4) is 0 Å². The summed E-state index contributed by atoms with van der Waals surface area (Å²) in [6, 6.07) is 0. The van der Waals surface area contributed by atoms with Crippen LogP contribution in [0.3, 0.4) is 0 Å². The summed E-state index contributed by atoms with van der Waals surface area (Å²) in [5.41, 5.74) is 0. The maximum absolute atomic E-state index is 9.86. The van der Waals surface area contributed by atoms with Crippen molar-refractivity contribution < 1.29 is 46.0 Å². The van der Waals surface area contributed by atoms with Gasteiger partial charge in [-0.15, -0.1) is 0 Å². The van der Waals surface area contributed by atoms with Crippen molar-refractivity contribution in [3.63, 3.8) is 0 Å². The van der Waals surface area contributed by atoms with E-state index in [0.717, 1.165) is 0 Å². The molecule has 0 amide bonds. The molecule has 50 valence electrons. The SMILES string of the molecule is CC(CO)CC(=O)O.[H-].[Na+]. The van der Waals surface area contributed by atoms with E-state index in [0.29, 0.717) is 0 Å². The number of hydrogen-bond donors (Lipinski definition) is 2. The molecule has 0 aromatic carbocycles. The van der Waals surface area contributed by atoms with Gasteiger partial charge in [-0.25, -0.2) is 0 Å². The van der Waals surface area contributed by atoms with Crippen LogP contribution >= 0.6 is 0 Å². The second kappa shape index (κ2) is 6.55. The molecule has 0 aromatic heterocycles. The molecule has 0 spiro atoms. The molecule has 0 saturated carbocycles. The van der Waals surface area contributed by atoms with Gasteiger partial charge in [0, 0.05) is 6.61 Å². The summed E-state index contributed by atoms with van der Waals surface area (Å²) in [6.45, 7) is 1.64. The van der Waals surface area contributed by atoms with E-state index in [-0.39, 0.29) is 49.9 Å². The minimum atomic E-state index is -0.855. The van der Waals surface area contributed by atoms with Gasteiger partial charge in [0.2, 0.25) is 0 Å². The van der Waals surface area contributed by atoms with Gasteiger partial charge in [0.05, 0.1) is 6.42 Å². The maximum atomic E-state index is 9.86. The molecule has 1 atom stereocenters. The van der Waals surface area contributed by atoms with E-state index >= 15 is 0 Å². The van der Waals surface area contributed by atoms with Crippen LogP contribution in [0.5, 0.6) is 0 Å². The Hall–Kier alpha value is 0.430. The Labute approximate surface area is 77.8 Å². The average Bonchev–Trinajstić information content (AvgIpc) is 1.65. The van der Waals surface area contributed by atoms with Gasteiger partial charge in [0.1, 0.15) is 0 Å². The van der Waals surface area contributed by atoms with Gasteiger partial charge in [-0.1, -0.05) is 6.92 Å². The van der Waals surface area contributed by atoms with E-state index in [1.165, 1.54) is 0 Å². The van der Waals surface area contributed by atoms with E-state index in [1.54, 1.807) is 6.92 Å². The summed E-state index contributed by atoms with van der Waals surface area (Å²) in [7, 11) is 0. The molecule has 3 nitrogen and oxygen atoms in total. The van der Waals surface area contributed by atoms with Crippen LogP contribution in [-0.2, 0) is 4.79 Å². The number of hydrogen-bond acceptors (Lipinski definition) is 2. The second-order valence-corrected chi connectivity index (χ2v) is 1.89. The normalized spacial score (nSPS) is 11.8. The summed E-state index contributed by atoms with van der Waals surface area (Å²) < 4.78 is 0. The molecule has 0 heterocycles. The van der Waals surface area contributed by atoms with Gasteiger partial charge in [-0.05, 0) is 5.92 Å². The van der Waals surface area contributed by atoms with E-state index in [1.807, 2.05) is 0 Å². The number of aliphatic hydroxyl groups is 1. The van der Waals surface area contributed by atoms with Crippen LogP contribution in [0, 0.1) is 5.92 Å². The minimum absolute atomic E-state index is 0. The van der Waals surface area contributed by atoms with Crippen LogP contribution in [0.25, 0.3) is 0 Å². The van der Waals surface area contributed by atoms with Crippen LogP contribution in [0.1, 0.15) is 14.8 Å². The molecule has 0 aliphatic heterocycles. The zero-order valence-corrected chi connectivity index (χ0v) is 7.79. The fraction of sp³-hybridized carbons (Fsp3) is 0.800. The molecule has 9 heavy (non-hydrogen) atoms. The fourth-order valence-electron chi connectivity index (χ4n) is 0.363.